The second-order valence-corrected chi connectivity index (χ2v) is 6.91. The van der Waals surface area contributed by atoms with Gasteiger partial charge in [0, 0.05) is 11.1 Å². The average Bonchev–Trinajstić information content (AvgIpc) is 2.76. The molecular weight excluding hydrogens is 287 g/mol. The second kappa shape index (κ2) is 5.62. The summed E-state index contributed by atoms with van der Waals surface area (Å²) in [6, 6.07) is 16.8. The van der Waals surface area contributed by atoms with Crippen LogP contribution in [0.4, 0.5) is 0 Å². The zero-order valence-electron chi connectivity index (χ0n) is 14.0. The van der Waals surface area contributed by atoms with Gasteiger partial charge in [-0.1, -0.05) is 54.6 Å². The summed E-state index contributed by atoms with van der Waals surface area (Å²) >= 11 is 0. The standard InChI is InChI=1S/C19H21BO3/c1-18(2)19(3,4)23-20(22-18)16-12-8-11-15(13-16)17(21)14-9-6-5-7-10-14/h5-13H,1-4H3. The fraction of sp³-hybridized carbons (Fsp3) is 0.316. The zero-order chi connectivity index (χ0) is 16.7. The van der Waals surface area contributed by atoms with Gasteiger partial charge in [0.1, 0.15) is 0 Å². The van der Waals surface area contributed by atoms with E-state index in [1.807, 2.05) is 82.3 Å². The summed E-state index contributed by atoms with van der Waals surface area (Å²) in [6.45, 7) is 8.08. The topological polar surface area (TPSA) is 35.5 Å². The summed E-state index contributed by atoms with van der Waals surface area (Å²) in [6.07, 6.45) is 0. The van der Waals surface area contributed by atoms with Crippen LogP contribution in [0, 0.1) is 0 Å². The van der Waals surface area contributed by atoms with E-state index in [1.165, 1.54) is 0 Å². The van der Waals surface area contributed by atoms with E-state index >= 15 is 0 Å². The molecule has 0 amide bonds. The molecule has 0 unspecified atom stereocenters. The molecule has 0 bridgehead atoms. The van der Waals surface area contributed by atoms with Crippen LogP contribution < -0.4 is 5.46 Å². The van der Waals surface area contributed by atoms with Crippen LogP contribution >= 0.6 is 0 Å². The molecule has 1 saturated heterocycles. The molecule has 0 N–H and O–H groups in total. The van der Waals surface area contributed by atoms with Crippen molar-refractivity contribution in [3.8, 4) is 0 Å². The van der Waals surface area contributed by atoms with E-state index in [-0.39, 0.29) is 5.78 Å². The van der Waals surface area contributed by atoms with E-state index in [4.69, 9.17) is 9.31 Å². The van der Waals surface area contributed by atoms with Crippen LogP contribution in [0.5, 0.6) is 0 Å². The van der Waals surface area contributed by atoms with E-state index < -0.39 is 18.3 Å². The van der Waals surface area contributed by atoms with Crippen LogP contribution in [0.2, 0.25) is 0 Å². The Kier molecular flexibility index (Phi) is 3.90. The largest absolute Gasteiger partial charge is 0.494 e. The molecule has 2 aromatic carbocycles. The molecule has 1 fully saturated rings. The zero-order valence-corrected chi connectivity index (χ0v) is 14.0. The molecule has 23 heavy (non-hydrogen) atoms. The minimum Gasteiger partial charge on any atom is -0.399 e. The highest BCUT2D eigenvalue weighted by molar-refractivity contribution is 6.62. The van der Waals surface area contributed by atoms with Crippen molar-refractivity contribution in [2.75, 3.05) is 0 Å². The molecule has 0 spiro atoms. The lowest BCUT2D eigenvalue weighted by molar-refractivity contribution is 0.00578. The fourth-order valence-corrected chi connectivity index (χ4v) is 2.56. The van der Waals surface area contributed by atoms with Gasteiger partial charge in [-0.3, -0.25) is 4.79 Å². The molecule has 3 nitrogen and oxygen atoms in total. The van der Waals surface area contributed by atoms with Gasteiger partial charge in [0.15, 0.2) is 5.78 Å². The Morgan fingerprint density at radius 2 is 1.39 bits per heavy atom. The van der Waals surface area contributed by atoms with E-state index in [0.29, 0.717) is 11.1 Å². The molecule has 118 valence electrons. The van der Waals surface area contributed by atoms with Crippen molar-refractivity contribution in [3.05, 3.63) is 65.7 Å². The minimum absolute atomic E-state index is 0.00367. The number of benzene rings is 2. The van der Waals surface area contributed by atoms with Crippen LogP contribution in [-0.4, -0.2) is 24.1 Å². The molecule has 0 atom stereocenters. The molecule has 3 rings (SSSR count). The lowest BCUT2D eigenvalue weighted by Crippen LogP contribution is -2.41. The molecule has 1 aliphatic rings. The third-order valence-electron chi connectivity index (χ3n) is 4.71. The summed E-state index contributed by atoms with van der Waals surface area (Å²) in [5.41, 5.74) is 1.40. The SMILES string of the molecule is CC1(C)OB(c2cccc(C(=O)c3ccccc3)c2)OC1(C)C. The van der Waals surface area contributed by atoms with Crippen LogP contribution in [0.3, 0.4) is 0 Å². The molecule has 0 aromatic heterocycles. The first-order valence-electron chi connectivity index (χ1n) is 7.85. The highest BCUT2D eigenvalue weighted by atomic mass is 16.7. The minimum atomic E-state index is -0.455. The number of hydrogen-bond donors (Lipinski definition) is 0. The fourth-order valence-electron chi connectivity index (χ4n) is 2.56. The lowest BCUT2D eigenvalue weighted by atomic mass is 9.78. The van der Waals surface area contributed by atoms with Crippen molar-refractivity contribution in [3.63, 3.8) is 0 Å². The summed E-state index contributed by atoms with van der Waals surface area (Å²) in [5, 5.41) is 0. The maximum absolute atomic E-state index is 12.6. The Morgan fingerprint density at radius 3 is 2.00 bits per heavy atom. The van der Waals surface area contributed by atoms with Crippen LogP contribution in [-0.2, 0) is 9.31 Å². The van der Waals surface area contributed by atoms with Crippen molar-refractivity contribution in [2.45, 2.75) is 38.9 Å². The van der Waals surface area contributed by atoms with E-state index in [1.54, 1.807) is 0 Å². The Balaban J connectivity index is 1.89. The van der Waals surface area contributed by atoms with Crippen molar-refractivity contribution in [1.29, 1.82) is 0 Å². The molecule has 0 radical (unpaired) electrons. The van der Waals surface area contributed by atoms with Gasteiger partial charge in [0.05, 0.1) is 11.2 Å². The number of hydrogen-bond acceptors (Lipinski definition) is 3. The molecule has 0 saturated carbocycles. The quantitative estimate of drug-likeness (QED) is 0.645. The number of rotatable bonds is 3. The molecule has 1 aliphatic heterocycles. The highest BCUT2D eigenvalue weighted by Crippen LogP contribution is 2.36. The molecule has 2 aromatic rings. The van der Waals surface area contributed by atoms with E-state index in [2.05, 4.69) is 0 Å². The summed E-state index contributed by atoms with van der Waals surface area (Å²) in [4.78, 5) is 12.6. The van der Waals surface area contributed by atoms with Crippen LogP contribution in [0.25, 0.3) is 0 Å². The monoisotopic (exact) mass is 308 g/mol. The second-order valence-electron chi connectivity index (χ2n) is 6.91. The number of ketones is 1. The predicted molar refractivity (Wildman–Crippen MR) is 92.0 cm³/mol. The first-order valence-corrected chi connectivity index (χ1v) is 7.85. The van der Waals surface area contributed by atoms with Gasteiger partial charge in [0.25, 0.3) is 0 Å². The van der Waals surface area contributed by atoms with Crippen molar-refractivity contribution in [1.82, 2.24) is 0 Å². The van der Waals surface area contributed by atoms with Crippen LogP contribution in [0.1, 0.15) is 43.6 Å². The summed E-state index contributed by atoms with van der Waals surface area (Å²) in [7, 11) is -0.455. The normalized spacial score (nSPS) is 18.9. The Bertz CT molecular complexity index is 706. The molecule has 0 aliphatic carbocycles. The molecular formula is C19H21BO3. The van der Waals surface area contributed by atoms with Crippen LogP contribution in [0.15, 0.2) is 54.6 Å². The Labute approximate surface area is 137 Å². The average molecular weight is 308 g/mol. The maximum Gasteiger partial charge on any atom is 0.494 e. The number of carbonyl (C=O) groups excluding carboxylic acids is 1. The van der Waals surface area contributed by atoms with E-state index in [0.717, 1.165) is 5.46 Å². The molecule has 4 heteroatoms. The highest BCUT2D eigenvalue weighted by Gasteiger charge is 2.51. The summed E-state index contributed by atoms with van der Waals surface area (Å²) < 4.78 is 12.1. The van der Waals surface area contributed by atoms with Gasteiger partial charge in [-0.25, -0.2) is 0 Å². The van der Waals surface area contributed by atoms with Crippen molar-refractivity contribution in [2.24, 2.45) is 0 Å². The smallest absolute Gasteiger partial charge is 0.399 e. The van der Waals surface area contributed by atoms with Gasteiger partial charge in [-0.2, -0.15) is 0 Å². The number of carbonyl (C=O) groups is 1. The summed E-state index contributed by atoms with van der Waals surface area (Å²) in [5.74, 6) is 0.00367. The third-order valence-corrected chi connectivity index (χ3v) is 4.71. The van der Waals surface area contributed by atoms with Crippen molar-refractivity contribution >= 4 is 18.4 Å². The van der Waals surface area contributed by atoms with Crippen molar-refractivity contribution < 1.29 is 14.1 Å². The third kappa shape index (κ3) is 2.97. The van der Waals surface area contributed by atoms with Gasteiger partial charge in [-0.15, -0.1) is 0 Å². The van der Waals surface area contributed by atoms with E-state index in [9.17, 15) is 4.79 Å². The first-order chi connectivity index (χ1) is 10.8. The Hall–Kier alpha value is -1.91. The Morgan fingerprint density at radius 1 is 0.826 bits per heavy atom. The first kappa shape index (κ1) is 16.0. The predicted octanol–water partition coefficient (Wildman–Crippen LogP) is 3.22. The molecule has 1 heterocycles. The van der Waals surface area contributed by atoms with Gasteiger partial charge in [-0.05, 0) is 33.2 Å². The van der Waals surface area contributed by atoms with Gasteiger partial charge >= 0.3 is 7.12 Å². The lowest BCUT2D eigenvalue weighted by Gasteiger charge is -2.32. The maximum atomic E-state index is 12.6. The van der Waals surface area contributed by atoms with Gasteiger partial charge in [0.2, 0.25) is 0 Å². The van der Waals surface area contributed by atoms with Gasteiger partial charge < -0.3 is 9.31 Å².